The van der Waals surface area contributed by atoms with Crippen LogP contribution in [0.4, 0.5) is 13.2 Å². The zero-order valence-corrected chi connectivity index (χ0v) is 6.14. The van der Waals surface area contributed by atoms with Gasteiger partial charge in [0, 0.05) is 5.57 Å². The molecule has 1 unspecified atom stereocenters. The number of hydrogen-bond acceptors (Lipinski definition) is 1. The van der Waals surface area contributed by atoms with Crippen LogP contribution in [0, 0.1) is 5.92 Å². The van der Waals surface area contributed by atoms with E-state index in [9.17, 15) is 18.0 Å². The molecule has 0 aromatic heterocycles. The molecule has 0 spiro atoms. The van der Waals surface area contributed by atoms with Crippen LogP contribution < -0.4 is 0 Å². The molecule has 1 rings (SSSR count). The van der Waals surface area contributed by atoms with Gasteiger partial charge in [-0.05, 0) is 6.42 Å². The van der Waals surface area contributed by atoms with Crippen LogP contribution in [0.3, 0.4) is 0 Å². The highest BCUT2D eigenvalue weighted by molar-refractivity contribution is 5.75. The Balaban J connectivity index is 2.86. The van der Waals surface area contributed by atoms with Crippen LogP contribution >= 0.6 is 0 Å². The van der Waals surface area contributed by atoms with Crippen molar-refractivity contribution in [1.82, 2.24) is 0 Å². The van der Waals surface area contributed by atoms with E-state index in [2.05, 4.69) is 0 Å². The number of allylic oxidation sites excluding steroid dienone is 4. The summed E-state index contributed by atoms with van der Waals surface area (Å²) in [5.41, 5.74) is -0.190. The van der Waals surface area contributed by atoms with Crippen LogP contribution in [-0.2, 0) is 4.79 Å². The lowest BCUT2D eigenvalue weighted by atomic mass is 9.92. The van der Waals surface area contributed by atoms with Crippen molar-refractivity contribution in [2.24, 2.45) is 5.92 Å². The quantitative estimate of drug-likeness (QED) is 0.560. The molecule has 0 aliphatic heterocycles. The molecule has 1 nitrogen and oxygen atoms in total. The minimum Gasteiger partial charge on any atom is -0.298 e. The van der Waals surface area contributed by atoms with E-state index >= 15 is 0 Å². The zero-order valence-electron chi connectivity index (χ0n) is 6.14. The topological polar surface area (TPSA) is 17.1 Å². The fourth-order valence-corrected chi connectivity index (χ4v) is 1.09. The Kier molecular flexibility index (Phi) is 2.35. The summed E-state index contributed by atoms with van der Waals surface area (Å²) in [4.78, 5) is 10.2. The largest absolute Gasteiger partial charge is 0.396 e. The maximum Gasteiger partial charge on any atom is 0.396 e. The first-order chi connectivity index (χ1) is 5.55. The molecule has 1 aliphatic rings. The van der Waals surface area contributed by atoms with Crippen LogP contribution in [-0.4, -0.2) is 12.5 Å². The molecule has 0 fully saturated rings. The second-order valence-corrected chi connectivity index (χ2v) is 2.54. The summed E-state index contributed by atoms with van der Waals surface area (Å²) in [5, 5.41) is 0. The number of alkyl halides is 3. The molecular weight excluding hydrogens is 169 g/mol. The van der Waals surface area contributed by atoms with Gasteiger partial charge in [-0.15, -0.1) is 0 Å². The molecule has 0 saturated heterocycles. The summed E-state index contributed by atoms with van der Waals surface area (Å²) in [6.45, 7) is 0. The molecule has 1 atom stereocenters. The van der Waals surface area contributed by atoms with E-state index in [1.54, 1.807) is 0 Å². The lowest BCUT2D eigenvalue weighted by molar-refractivity contribution is -0.164. The van der Waals surface area contributed by atoms with Gasteiger partial charge in [-0.2, -0.15) is 13.2 Å². The number of carbonyl (C=O) groups is 1. The number of carbonyl (C=O) groups excluding carboxylic acids is 1. The molecule has 0 amide bonds. The summed E-state index contributed by atoms with van der Waals surface area (Å²) < 4.78 is 36.4. The fourth-order valence-electron chi connectivity index (χ4n) is 1.09. The third-order valence-electron chi connectivity index (χ3n) is 1.73. The Morgan fingerprint density at radius 1 is 1.50 bits per heavy atom. The van der Waals surface area contributed by atoms with Gasteiger partial charge in [0.05, 0.1) is 5.92 Å². The molecule has 0 saturated carbocycles. The van der Waals surface area contributed by atoms with Crippen LogP contribution in [0.2, 0.25) is 0 Å². The van der Waals surface area contributed by atoms with Crippen LogP contribution in [0.1, 0.15) is 6.42 Å². The lowest BCUT2D eigenvalue weighted by Crippen LogP contribution is -2.25. The predicted molar refractivity (Wildman–Crippen MR) is 37.4 cm³/mol. The minimum absolute atomic E-state index is 0.131. The predicted octanol–water partition coefficient (Wildman–Crippen LogP) is 2.25. The van der Waals surface area contributed by atoms with E-state index in [4.69, 9.17) is 0 Å². The summed E-state index contributed by atoms with van der Waals surface area (Å²) >= 11 is 0. The first kappa shape index (κ1) is 9.03. The van der Waals surface area contributed by atoms with E-state index in [1.165, 1.54) is 18.2 Å². The normalized spacial score (nSPS) is 23.6. The molecule has 0 aromatic rings. The van der Waals surface area contributed by atoms with Gasteiger partial charge in [0.1, 0.15) is 6.29 Å². The standard InChI is InChI=1S/C8H7F3O/c9-8(10,11)7-4-2-1-3-6(7)5-12/h1-3,5,7H,4H2. The van der Waals surface area contributed by atoms with Gasteiger partial charge in [0.25, 0.3) is 0 Å². The van der Waals surface area contributed by atoms with Crippen LogP contribution in [0.15, 0.2) is 23.8 Å². The summed E-state index contributed by atoms with van der Waals surface area (Å²) in [5.74, 6) is -1.61. The van der Waals surface area contributed by atoms with E-state index < -0.39 is 12.1 Å². The molecule has 66 valence electrons. The first-order valence-electron chi connectivity index (χ1n) is 3.44. The third-order valence-corrected chi connectivity index (χ3v) is 1.73. The van der Waals surface area contributed by atoms with Gasteiger partial charge < -0.3 is 0 Å². The average molecular weight is 176 g/mol. The van der Waals surface area contributed by atoms with Gasteiger partial charge in [-0.1, -0.05) is 18.2 Å². The fraction of sp³-hybridized carbons (Fsp3) is 0.375. The summed E-state index contributed by atoms with van der Waals surface area (Å²) in [6.07, 6.45) is -0.0982. The van der Waals surface area contributed by atoms with E-state index in [1.807, 2.05) is 0 Å². The van der Waals surface area contributed by atoms with Crippen LogP contribution in [0.5, 0.6) is 0 Å². The number of rotatable bonds is 1. The molecule has 4 heteroatoms. The van der Waals surface area contributed by atoms with Gasteiger partial charge in [-0.25, -0.2) is 0 Å². The highest BCUT2D eigenvalue weighted by atomic mass is 19.4. The molecule has 0 radical (unpaired) electrons. The third kappa shape index (κ3) is 1.75. The van der Waals surface area contributed by atoms with E-state index in [0.29, 0.717) is 0 Å². The van der Waals surface area contributed by atoms with Gasteiger partial charge in [0.15, 0.2) is 0 Å². The number of aldehydes is 1. The Labute approximate surface area is 67.6 Å². The summed E-state index contributed by atoms with van der Waals surface area (Å²) in [6, 6.07) is 0. The van der Waals surface area contributed by atoms with Gasteiger partial charge in [-0.3, -0.25) is 4.79 Å². The maximum absolute atomic E-state index is 12.1. The molecule has 0 N–H and O–H groups in total. The molecule has 0 aromatic carbocycles. The highest BCUT2D eigenvalue weighted by Gasteiger charge is 2.41. The Morgan fingerprint density at radius 2 is 2.17 bits per heavy atom. The van der Waals surface area contributed by atoms with E-state index in [0.717, 1.165) is 0 Å². The van der Waals surface area contributed by atoms with Crippen molar-refractivity contribution in [3.8, 4) is 0 Å². The monoisotopic (exact) mass is 176 g/mol. The SMILES string of the molecule is O=CC1=CC=CCC1C(F)(F)F. The highest BCUT2D eigenvalue weighted by Crippen LogP contribution is 2.35. The van der Waals surface area contributed by atoms with Crippen molar-refractivity contribution in [2.75, 3.05) is 0 Å². The number of hydrogen-bond donors (Lipinski definition) is 0. The Morgan fingerprint density at radius 3 is 2.58 bits per heavy atom. The molecule has 12 heavy (non-hydrogen) atoms. The van der Waals surface area contributed by atoms with E-state index in [-0.39, 0.29) is 18.3 Å². The Bertz CT molecular complexity index is 237. The van der Waals surface area contributed by atoms with Gasteiger partial charge >= 0.3 is 6.18 Å². The smallest absolute Gasteiger partial charge is 0.298 e. The molecular formula is C8H7F3O. The van der Waals surface area contributed by atoms with Crippen LogP contribution in [0.25, 0.3) is 0 Å². The zero-order chi connectivity index (χ0) is 9.19. The van der Waals surface area contributed by atoms with Gasteiger partial charge in [0.2, 0.25) is 0 Å². The second kappa shape index (κ2) is 3.13. The van der Waals surface area contributed by atoms with Crippen molar-refractivity contribution in [1.29, 1.82) is 0 Å². The number of halogens is 3. The minimum atomic E-state index is -4.31. The summed E-state index contributed by atoms with van der Waals surface area (Å²) in [7, 11) is 0. The van der Waals surface area contributed by atoms with Crippen molar-refractivity contribution < 1.29 is 18.0 Å². The van der Waals surface area contributed by atoms with Crippen molar-refractivity contribution in [3.63, 3.8) is 0 Å². The average Bonchev–Trinajstić information content (AvgIpc) is 2.03. The second-order valence-electron chi connectivity index (χ2n) is 2.54. The molecule has 0 heterocycles. The Hall–Kier alpha value is -1.06. The van der Waals surface area contributed by atoms with Crippen molar-refractivity contribution in [3.05, 3.63) is 23.8 Å². The molecule has 0 bridgehead atoms. The maximum atomic E-state index is 12.1. The van der Waals surface area contributed by atoms with Crippen molar-refractivity contribution in [2.45, 2.75) is 12.6 Å². The lowest BCUT2D eigenvalue weighted by Gasteiger charge is -2.20. The van der Waals surface area contributed by atoms with Crippen molar-refractivity contribution >= 4 is 6.29 Å². The first-order valence-corrected chi connectivity index (χ1v) is 3.44. The molecule has 1 aliphatic carbocycles.